The molecule has 1 heterocycles. The first-order valence-electron chi connectivity index (χ1n) is 10.3. The van der Waals surface area contributed by atoms with Crippen molar-refractivity contribution in [2.45, 2.75) is 11.8 Å². The predicted octanol–water partition coefficient (Wildman–Crippen LogP) is 4.93. The Morgan fingerprint density at radius 1 is 1.00 bits per heavy atom. The summed E-state index contributed by atoms with van der Waals surface area (Å²) in [7, 11) is -2.85. The number of carbonyl (C=O) groups excluding carboxylic acids is 2. The molecule has 0 aliphatic rings. The van der Waals surface area contributed by atoms with Crippen molar-refractivity contribution in [3.05, 3.63) is 95.1 Å². The first-order valence-corrected chi connectivity index (χ1v) is 12.1. The van der Waals surface area contributed by atoms with Gasteiger partial charge in [0.15, 0.2) is 0 Å². The number of methoxy groups -OCH3 is 1. The van der Waals surface area contributed by atoms with E-state index in [4.69, 9.17) is 16.3 Å². The highest BCUT2D eigenvalue weighted by Gasteiger charge is 2.29. The van der Waals surface area contributed by atoms with Gasteiger partial charge in [-0.2, -0.15) is 0 Å². The fourth-order valence-electron chi connectivity index (χ4n) is 3.69. The minimum absolute atomic E-state index is 0.00109. The van der Waals surface area contributed by atoms with Gasteiger partial charge in [0.05, 0.1) is 28.8 Å². The van der Waals surface area contributed by atoms with Crippen LogP contribution in [0.3, 0.4) is 0 Å². The molecule has 0 N–H and O–H groups in total. The molecule has 34 heavy (non-hydrogen) atoms. The number of aryl methyl sites for hydroxylation is 1. The lowest BCUT2D eigenvalue weighted by Crippen LogP contribution is -2.37. The lowest BCUT2D eigenvalue weighted by Gasteiger charge is -2.24. The van der Waals surface area contributed by atoms with E-state index in [2.05, 4.69) is 0 Å². The second-order valence-electron chi connectivity index (χ2n) is 7.62. The smallest absolute Gasteiger partial charge is 0.340 e. The van der Waals surface area contributed by atoms with Crippen LogP contribution in [0.2, 0.25) is 5.02 Å². The van der Waals surface area contributed by atoms with Crippen molar-refractivity contribution >= 4 is 50.1 Å². The summed E-state index contributed by atoms with van der Waals surface area (Å²) in [5.74, 6) is -1.13. The summed E-state index contributed by atoms with van der Waals surface area (Å²) in [4.78, 5) is 25.7. The molecule has 9 heteroatoms. The molecule has 3 aromatic carbocycles. The number of ether oxygens (including phenoxy) is 1. The van der Waals surface area contributed by atoms with Crippen molar-refractivity contribution in [2.24, 2.45) is 0 Å². The van der Waals surface area contributed by atoms with Crippen LogP contribution in [-0.4, -0.2) is 38.5 Å². The van der Waals surface area contributed by atoms with E-state index < -0.39 is 28.4 Å². The second-order valence-corrected chi connectivity index (χ2v) is 9.92. The Bertz CT molecular complexity index is 1490. The highest BCUT2D eigenvalue weighted by Crippen LogP contribution is 2.27. The van der Waals surface area contributed by atoms with Gasteiger partial charge in [-0.15, -0.1) is 0 Å². The number of aromatic nitrogens is 1. The summed E-state index contributed by atoms with van der Waals surface area (Å²) in [6, 6.07) is 19.5. The number of fused-ring (bicyclic) bond motifs is 1. The van der Waals surface area contributed by atoms with Crippen molar-refractivity contribution in [1.29, 1.82) is 0 Å². The Labute approximate surface area is 202 Å². The van der Waals surface area contributed by atoms with Crippen molar-refractivity contribution in [3.8, 4) is 0 Å². The third-order valence-corrected chi connectivity index (χ3v) is 7.40. The van der Waals surface area contributed by atoms with Gasteiger partial charge >= 0.3 is 5.97 Å². The van der Waals surface area contributed by atoms with Crippen molar-refractivity contribution in [2.75, 3.05) is 18.0 Å². The Kier molecular flexibility index (Phi) is 6.45. The molecule has 0 atom stereocenters. The molecular weight excluding hydrogens is 476 g/mol. The Morgan fingerprint density at radius 2 is 1.71 bits per heavy atom. The van der Waals surface area contributed by atoms with E-state index in [1.54, 1.807) is 42.5 Å². The minimum atomic E-state index is -4.11. The van der Waals surface area contributed by atoms with Gasteiger partial charge in [-0.25, -0.2) is 13.2 Å². The molecule has 4 rings (SSSR count). The molecule has 0 bridgehead atoms. The molecule has 7 nitrogen and oxygen atoms in total. The maximum absolute atomic E-state index is 13.6. The summed E-state index contributed by atoms with van der Waals surface area (Å²) in [5.41, 5.74) is 1.86. The van der Waals surface area contributed by atoms with Gasteiger partial charge in [-0.3, -0.25) is 13.7 Å². The molecule has 174 valence electrons. The number of hydrogen-bond acceptors (Lipinski definition) is 5. The number of para-hydroxylation sites is 1. The van der Waals surface area contributed by atoms with Crippen LogP contribution in [0.4, 0.5) is 5.69 Å². The molecule has 0 spiro atoms. The van der Waals surface area contributed by atoms with Gasteiger partial charge in [0.1, 0.15) is 6.54 Å². The number of carbonyl (C=O) groups is 2. The predicted molar refractivity (Wildman–Crippen MR) is 131 cm³/mol. The summed E-state index contributed by atoms with van der Waals surface area (Å²) in [6.07, 6.45) is 1.38. The minimum Gasteiger partial charge on any atom is -0.465 e. The van der Waals surface area contributed by atoms with Crippen molar-refractivity contribution in [3.63, 3.8) is 0 Å². The Balaban J connectivity index is 1.81. The summed E-state index contributed by atoms with van der Waals surface area (Å²) < 4.78 is 34.4. The average Bonchev–Trinajstić information content (AvgIpc) is 3.22. The maximum Gasteiger partial charge on any atom is 0.340 e. The number of halogens is 1. The number of hydrogen-bond donors (Lipinski definition) is 0. The molecule has 0 amide bonds. The molecule has 4 aromatic rings. The lowest BCUT2D eigenvalue weighted by atomic mass is 10.2. The second kappa shape index (κ2) is 9.32. The van der Waals surface area contributed by atoms with E-state index in [1.165, 1.54) is 42.1 Å². The van der Waals surface area contributed by atoms with Crippen molar-refractivity contribution < 1.29 is 22.7 Å². The van der Waals surface area contributed by atoms with E-state index in [-0.39, 0.29) is 10.5 Å². The van der Waals surface area contributed by atoms with Crippen LogP contribution in [0, 0.1) is 6.92 Å². The number of anilines is 1. The first-order chi connectivity index (χ1) is 16.2. The normalized spacial score (nSPS) is 11.4. The van der Waals surface area contributed by atoms with E-state index in [1.807, 2.05) is 13.0 Å². The zero-order chi connectivity index (χ0) is 24.5. The monoisotopic (exact) mass is 496 g/mol. The van der Waals surface area contributed by atoms with Crippen LogP contribution in [0.5, 0.6) is 0 Å². The Hall–Kier alpha value is -3.62. The van der Waals surface area contributed by atoms with Gasteiger partial charge in [0, 0.05) is 16.6 Å². The molecular formula is C25H21ClN2O5S. The lowest BCUT2D eigenvalue weighted by molar-refractivity contribution is 0.0603. The largest absolute Gasteiger partial charge is 0.465 e. The van der Waals surface area contributed by atoms with E-state index in [9.17, 15) is 18.0 Å². The molecule has 0 unspecified atom stereocenters. The quantitative estimate of drug-likeness (QED) is 0.353. The standard InChI is InChI=1S/C25H21ClN2O5S/c1-17-6-5-7-19(14-17)28(34(31,32)20-12-10-18(26)11-13-20)16-24(29)27-15-22(25(30)33-2)21-8-3-4-9-23(21)27/h3-15H,16H2,1-2H3. The van der Waals surface area contributed by atoms with E-state index >= 15 is 0 Å². The van der Waals surface area contributed by atoms with Crippen LogP contribution in [-0.2, 0) is 14.8 Å². The van der Waals surface area contributed by atoms with Gasteiger partial charge in [0.2, 0.25) is 0 Å². The molecule has 0 radical (unpaired) electrons. The van der Waals surface area contributed by atoms with Crippen LogP contribution in [0.1, 0.15) is 20.7 Å². The molecule has 0 aliphatic heterocycles. The first kappa shape index (κ1) is 23.5. The number of esters is 1. The van der Waals surface area contributed by atoms with Crippen molar-refractivity contribution in [1.82, 2.24) is 4.57 Å². The molecule has 0 saturated carbocycles. The molecule has 0 saturated heterocycles. The number of nitrogens with zero attached hydrogens (tertiary/aromatic N) is 2. The maximum atomic E-state index is 13.6. The van der Waals surface area contributed by atoms with Gasteiger partial charge < -0.3 is 4.74 Å². The van der Waals surface area contributed by atoms with Gasteiger partial charge in [-0.05, 0) is 55.0 Å². The fraction of sp³-hybridized carbons (Fsp3) is 0.120. The van der Waals surface area contributed by atoms with Crippen LogP contribution in [0.15, 0.2) is 83.9 Å². The zero-order valence-electron chi connectivity index (χ0n) is 18.4. The number of rotatable bonds is 6. The third kappa shape index (κ3) is 4.42. The topological polar surface area (TPSA) is 85.7 Å². The third-order valence-electron chi connectivity index (χ3n) is 5.36. The summed E-state index contributed by atoms with van der Waals surface area (Å²) >= 11 is 5.94. The van der Waals surface area contributed by atoms with E-state index in [0.29, 0.717) is 21.6 Å². The average molecular weight is 497 g/mol. The van der Waals surface area contributed by atoms with Crippen LogP contribution >= 0.6 is 11.6 Å². The number of sulfonamides is 1. The SMILES string of the molecule is COC(=O)c1cn(C(=O)CN(c2cccc(C)c2)S(=O)(=O)c2ccc(Cl)cc2)c2ccccc12. The van der Waals surface area contributed by atoms with Crippen LogP contribution < -0.4 is 4.31 Å². The molecule has 0 fully saturated rings. The summed E-state index contributed by atoms with van der Waals surface area (Å²) in [5, 5.41) is 0.927. The summed E-state index contributed by atoms with van der Waals surface area (Å²) in [6.45, 7) is 1.34. The van der Waals surface area contributed by atoms with E-state index in [0.717, 1.165) is 9.87 Å². The van der Waals surface area contributed by atoms with Crippen LogP contribution in [0.25, 0.3) is 10.9 Å². The van der Waals surface area contributed by atoms with Gasteiger partial charge in [-0.1, -0.05) is 41.9 Å². The zero-order valence-corrected chi connectivity index (χ0v) is 20.0. The molecule has 1 aromatic heterocycles. The number of benzene rings is 3. The van der Waals surface area contributed by atoms with Gasteiger partial charge in [0.25, 0.3) is 15.9 Å². The highest BCUT2D eigenvalue weighted by atomic mass is 35.5. The Morgan fingerprint density at radius 3 is 2.38 bits per heavy atom. The fourth-order valence-corrected chi connectivity index (χ4v) is 5.22. The highest BCUT2D eigenvalue weighted by molar-refractivity contribution is 7.92. The molecule has 0 aliphatic carbocycles.